The Hall–Kier alpha value is -5.66. The number of piperidine rings is 3. The lowest BCUT2D eigenvalue weighted by Gasteiger charge is -2.54. The van der Waals surface area contributed by atoms with Crippen molar-refractivity contribution in [1.82, 2.24) is 24.7 Å². The highest BCUT2D eigenvalue weighted by Gasteiger charge is 2.50. The molecule has 318 valence electrons. The second-order valence-corrected chi connectivity index (χ2v) is 17.9. The number of nitrogens with two attached hydrogens (primary N) is 1. The van der Waals surface area contributed by atoms with Crippen LogP contribution in [0.2, 0.25) is 5.02 Å². The van der Waals surface area contributed by atoms with E-state index < -0.39 is 41.5 Å². The Balaban J connectivity index is 0.769. The third-order valence-electron chi connectivity index (χ3n) is 13.7. The Morgan fingerprint density at radius 3 is 2.23 bits per heavy atom. The number of nitriles is 1. The Morgan fingerprint density at radius 1 is 0.885 bits per heavy atom. The number of benzene rings is 2. The van der Waals surface area contributed by atoms with E-state index in [1.807, 2.05) is 11.0 Å². The molecule has 1 atom stereocenters. The molecule has 6 heterocycles. The van der Waals surface area contributed by atoms with Gasteiger partial charge in [0.1, 0.15) is 35.2 Å². The molecule has 9 rings (SSSR count). The monoisotopic (exact) mass is 851 g/mol. The zero-order valence-electron chi connectivity index (χ0n) is 33.7. The summed E-state index contributed by atoms with van der Waals surface area (Å²) in [6.45, 7) is 6.04. The number of rotatable bonds is 9. The molecule has 3 aromatic rings. The van der Waals surface area contributed by atoms with E-state index in [1.54, 1.807) is 24.4 Å². The third-order valence-corrected chi connectivity index (χ3v) is 14.1. The largest absolute Gasteiger partial charge is 0.490 e. The van der Waals surface area contributed by atoms with Gasteiger partial charge in [0.2, 0.25) is 5.91 Å². The van der Waals surface area contributed by atoms with E-state index in [9.17, 15) is 24.0 Å². The molecule has 0 radical (unpaired) electrons. The minimum atomic E-state index is -1.16. The number of primary amides is 1. The van der Waals surface area contributed by atoms with E-state index in [4.69, 9.17) is 27.3 Å². The molecule has 2 aromatic carbocycles. The van der Waals surface area contributed by atoms with Crippen molar-refractivity contribution in [3.8, 4) is 11.8 Å². The average molecular weight is 852 g/mol. The fourth-order valence-electron chi connectivity index (χ4n) is 10.3. The molecule has 2 N–H and O–H groups in total. The number of ether oxygens (including phenoxy) is 1. The van der Waals surface area contributed by atoms with E-state index in [0.29, 0.717) is 61.0 Å². The Bertz CT molecular complexity index is 2310. The molecule has 5 amide bonds. The van der Waals surface area contributed by atoms with Crippen LogP contribution in [0, 0.1) is 28.5 Å². The van der Waals surface area contributed by atoms with Gasteiger partial charge in [0, 0.05) is 56.7 Å². The van der Waals surface area contributed by atoms with Crippen molar-refractivity contribution in [2.24, 2.45) is 17.1 Å². The molecule has 1 saturated carbocycles. The molecule has 5 aliphatic heterocycles. The van der Waals surface area contributed by atoms with Gasteiger partial charge in [-0.3, -0.25) is 33.8 Å². The summed E-state index contributed by atoms with van der Waals surface area (Å²) in [6, 6.07) is 7.92. The lowest BCUT2D eigenvalue weighted by Crippen LogP contribution is -2.61. The van der Waals surface area contributed by atoms with Gasteiger partial charge in [-0.15, -0.1) is 0 Å². The number of fused-ring (bicyclic) bond motifs is 1. The number of halogens is 2. The molecule has 4 saturated heterocycles. The molecular weight excluding hydrogens is 805 g/mol. The van der Waals surface area contributed by atoms with Crippen molar-refractivity contribution in [2.75, 3.05) is 55.6 Å². The minimum Gasteiger partial charge on any atom is -0.490 e. The first-order valence-corrected chi connectivity index (χ1v) is 21.6. The summed E-state index contributed by atoms with van der Waals surface area (Å²) in [5.74, 6) is -1.73. The van der Waals surface area contributed by atoms with E-state index in [-0.39, 0.29) is 52.8 Å². The number of imide groups is 2. The van der Waals surface area contributed by atoms with Crippen LogP contribution >= 0.6 is 11.6 Å². The van der Waals surface area contributed by atoms with Gasteiger partial charge >= 0.3 is 0 Å². The second kappa shape index (κ2) is 16.3. The first-order chi connectivity index (χ1) is 29.4. The van der Waals surface area contributed by atoms with Gasteiger partial charge in [-0.25, -0.2) is 14.4 Å². The number of amides is 5. The van der Waals surface area contributed by atoms with E-state index in [2.05, 4.69) is 19.8 Å². The van der Waals surface area contributed by atoms with Crippen molar-refractivity contribution in [3.63, 3.8) is 0 Å². The standard InChI is InChI=1S/C44H47ClFN9O6/c45-33-17-30(4-1-27(33)20-47)61-29-5-2-28(3-6-29)54-39(56)8-7-36(43(54)60)55-41(58)31-18-34(46)37(19-32(31)42(55)59)52-13-9-26(10-14-52)23-51-15-11-44(12-16-51)24-53(25-44)38-22-49-35(21-50-38)40(48)57/h1,4,17-19,21-22,26,28-29,36H,2-3,5-16,23-25H2,(H2,48,57). The molecule has 1 spiro atoms. The number of hydrogen-bond donors (Lipinski definition) is 1. The topological polar surface area (TPSA) is 186 Å². The van der Waals surface area contributed by atoms with Crippen LogP contribution < -0.4 is 20.3 Å². The fourth-order valence-corrected chi connectivity index (χ4v) is 10.5. The summed E-state index contributed by atoms with van der Waals surface area (Å²) in [5.41, 5.74) is 6.34. The number of anilines is 2. The average Bonchev–Trinajstić information content (AvgIpc) is 3.48. The first-order valence-electron chi connectivity index (χ1n) is 21.2. The fraction of sp³-hybridized carbons (Fsp3) is 0.500. The highest BCUT2D eigenvalue weighted by atomic mass is 35.5. The third kappa shape index (κ3) is 7.78. The van der Waals surface area contributed by atoms with Crippen LogP contribution in [-0.2, 0) is 9.59 Å². The van der Waals surface area contributed by atoms with Crippen molar-refractivity contribution in [1.29, 1.82) is 5.26 Å². The number of carbonyl (C=O) groups excluding carboxylic acids is 5. The van der Waals surface area contributed by atoms with E-state index in [1.165, 1.54) is 17.2 Å². The zero-order valence-corrected chi connectivity index (χ0v) is 34.5. The van der Waals surface area contributed by atoms with Crippen LogP contribution in [0.3, 0.4) is 0 Å². The maximum atomic E-state index is 15.8. The molecule has 1 unspecified atom stereocenters. The van der Waals surface area contributed by atoms with Crippen molar-refractivity contribution < 1.29 is 33.1 Å². The van der Waals surface area contributed by atoms with Crippen LogP contribution in [0.15, 0.2) is 42.7 Å². The Kier molecular flexibility index (Phi) is 10.9. The number of aromatic nitrogens is 2. The van der Waals surface area contributed by atoms with Crippen LogP contribution in [0.1, 0.15) is 101 Å². The normalized spacial score (nSPS) is 24.5. The zero-order chi connectivity index (χ0) is 42.6. The number of likely N-dealkylation sites (tertiary alicyclic amines) is 2. The highest BCUT2D eigenvalue weighted by molar-refractivity contribution is 6.31. The van der Waals surface area contributed by atoms with Crippen molar-refractivity contribution in [2.45, 2.75) is 82.4 Å². The number of hydrogen-bond acceptors (Lipinski definition) is 12. The predicted molar refractivity (Wildman–Crippen MR) is 220 cm³/mol. The lowest BCUT2D eigenvalue weighted by atomic mass is 9.72. The van der Waals surface area contributed by atoms with Crippen molar-refractivity contribution >= 4 is 52.6 Å². The van der Waals surface area contributed by atoms with Gasteiger partial charge in [-0.1, -0.05) is 11.6 Å². The molecule has 6 aliphatic rings. The second-order valence-electron chi connectivity index (χ2n) is 17.5. The summed E-state index contributed by atoms with van der Waals surface area (Å²) < 4.78 is 21.9. The van der Waals surface area contributed by atoms with Gasteiger partial charge in [-0.2, -0.15) is 5.26 Å². The van der Waals surface area contributed by atoms with Crippen LogP contribution in [0.4, 0.5) is 15.9 Å². The molecule has 17 heteroatoms. The van der Waals surface area contributed by atoms with Crippen LogP contribution in [-0.4, -0.2) is 118 Å². The molecule has 5 fully saturated rings. The Labute approximate surface area is 357 Å². The minimum absolute atomic E-state index is 0.000766. The number of carbonyl (C=O) groups is 5. The molecule has 61 heavy (non-hydrogen) atoms. The lowest BCUT2D eigenvalue weighted by molar-refractivity contribution is -0.155. The van der Waals surface area contributed by atoms with Crippen LogP contribution in [0.25, 0.3) is 0 Å². The maximum Gasteiger partial charge on any atom is 0.268 e. The Morgan fingerprint density at radius 2 is 1.59 bits per heavy atom. The molecular formula is C44H47ClFN9O6. The quantitative estimate of drug-likeness (QED) is 0.297. The van der Waals surface area contributed by atoms with Gasteiger partial charge in [0.05, 0.1) is 45.9 Å². The molecule has 1 aliphatic carbocycles. The smallest absolute Gasteiger partial charge is 0.268 e. The van der Waals surface area contributed by atoms with Gasteiger partial charge in [-0.05, 0) is 101 Å². The molecule has 15 nitrogen and oxygen atoms in total. The molecule has 0 bridgehead atoms. The molecule has 1 aromatic heterocycles. The summed E-state index contributed by atoms with van der Waals surface area (Å²) in [5, 5.41) is 9.45. The van der Waals surface area contributed by atoms with Gasteiger partial charge in [0.25, 0.3) is 23.6 Å². The summed E-state index contributed by atoms with van der Waals surface area (Å²) in [7, 11) is 0. The van der Waals surface area contributed by atoms with Gasteiger partial charge in [0.15, 0.2) is 0 Å². The van der Waals surface area contributed by atoms with Crippen molar-refractivity contribution in [3.05, 3.63) is 75.9 Å². The van der Waals surface area contributed by atoms with Gasteiger partial charge < -0.3 is 25.2 Å². The van der Waals surface area contributed by atoms with E-state index in [0.717, 1.165) is 75.2 Å². The van der Waals surface area contributed by atoms with Crippen LogP contribution in [0.5, 0.6) is 5.75 Å². The highest BCUT2D eigenvalue weighted by Crippen LogP contribution is 2.43. The summed E-state index contributed by atoms with van der Waals surface area (Å²) >= 11 is 6.17. The summed E-state index contributed by atoms with van der Waals surface area (Å²) in [6.07, 6.45) is 8.87. The SMILES string of the molecule is N#Cc1ccc(OC2CCC(N3C(=O)CCC(N4C(=O)c5cc(F)c(N6CCC(CN7CCC8(CC7)CN(c7cnc(C(N)=O)cn7)C8)CC6)cc5C4=O)C3=O)CC2)cc1Cl. The maximum absolute atomic E-state index is 15.8. The van der Waals surface area contributed by atoms with E-state index >= 15 is 4.39 Å². The summed E-state index contributed by atoms with van der Waals surface area (Å²) in [4.78, 5) is 83.6. The first kappa shape index (κ1) is 40.7. The number of nitrogens with zero attached hydrogens (tertiary/aromatic N) is 8. The predicted octanol–water partition coefficient (Wildman–Crippen LogP) is 4.56.